The van der Waals surface area contributed by atoms with Crippen molar-refractivity contribution < 1.29 is 4.39 Å². The van der Waals surface area contributed by atoms with Gasteiger partial charge in [-0.1, -0.05) is 22.0 Å². The van der Waals surface area contributed by atoms with E-state index in [0.29, 0.717) is 12.0 Å². The second kappa shape index (κ2) is 3.99. The van der Waals surface area contributed by atoms with E-state index in [1.54, 1.807) is 6.07 Å². The molecule has 2 rings (SSSR count). The van der Waals surface area contributed by atoms with Crippen LogP contribution in [0.1, 0.15) is 24.8 Å². The maximum absolute atomic E-state index is 13.6. The molecule has 1 heterocycles. The summed E-state index contributed by atoms with van der Waals surface area (Å²) in [7, 11) is 0. The van der Waals surface area contributed by atoms with E-state index in [2.05, 4.69) is 28.2 Å². The van der Waals surface area contributed by atoms with Crippen LogP contribution in [0.5, 0.6) is 0 Å². The minimum Gasteiger partial charge on any atom is -0.314 e. The van der Waals surface area contributed by atoms with E-state index in [1.165, 1.54) is 6.07 Å². The Kier molecular flexibility index (Phi) is 2.88. The highest BCUT2D eigenvalue weighted by Gasteiger charge is 2.25. The van der Waals surface area contributed by atoms with Crippen molar-refractivity contribution in [2.75, 3.05) is 6.54 Å². The highest BCUT2D eigenvalue weighted by Crippen LogP contribution is 2.32. The summed E-state index contributed by atoms with van der Waals surface area (Å²) < 4.78 is 14.5. The SMILES string of the molecule is CC1CC(c2c(F)cccc2Br)CN1. The fraction of sp³-hybridized carbons (Fsp3) is 0.455. The van der Waals surface area contributed by atoms with Gasteiger partial charge in [0.1, 0.15) is 5.82 Å². The van der Waals surface area contributed by atoms with Gasteiger partial charge in [0.05, 0.1) is 0 Å². The molecule has 1 aromatic rings. The van der Waals surface area contributed by atoms with Crippen LogP contribution in [0, 0.1) is 5.82 Å². The second-order valence-corrected chi connectivity index (χ2v) is 4.73. The standard InChI is InChI=1S/C11H13BrFN/c1-7-5-8(6-14-7)11-9(12)3-2-4-10(11)13/h2-4,7-8,14H,5-6H2,1H3. The molecule has 2 unspecified atom stereocenters. The minimum absolute atomic E-state index is 0.0970. The van der Waals surface area contributed by atoms with Crippen LogP contribution >= 0.6 is 15.9 Å². The van der Waals surface area contributed by atoms with E-state index < -0.39 is 0 Å². The van der Waals surface area contributed by atoms with Crippen molar-refractivity contribution >= 4 is 15.9 Å². The Morgan fingerprint density at radius 1 is 1.50 bits per heavy atom. The van der Waals surface area contributed by atoms with Crippen molar-refractivity contribution in [1.82, 2.24) is 5.32 Å². The molecule has 2 atom stereocenters. The molecule has 14 heavy (non-hydrogen) atoms. The van der Waals surface area contributed by atoms with Crippen molar-refractivity contribution in [3.05, 3.63) is 34.1 Å². The fourth-order valence-electron chi connectivity index (χ4n) is 2.06. The van der Waals surface area contributed by atoms with Crippen LogP contribution in [-0.4, -0.2) is 12.6 Å². The van der Waals surface area contributed by atoms with Gasteiger partial charge in [-0.3, -0.25) is 0 Å². The number of benzene rings is 1. The van der Waals surface area contributed by atoms with Crippen molar-refractivity contribution in [3.63, 3.8) is 0 Å². The molecule has 1 N–H and O–H groups in total. The zero-order valence-electron chi connectivity index (χ0n) is 8.06. The smallest absolute Gasteiger partial charge is 0.127 e. The molecular weight excluding hydrogens is 245 g/mol. The largest absolute Gasteiger partial charge is 0.314 e. The predicted octanol–water partition coefficient (Wildman–Crippen LogP) is 3.05. The van der Waals surface area contributed by atoms with Crippen molar-refractivity contribution in [2.45, 2.75) is 25.3 Å². The molecule has 0 saturated carbocycles. The molecule has 0 radical (unpaired) electrons. The maximum atomic E-state index is 13.6. The Morgan fingerprint density at radius 2 is 2.29 bits per heavy atom. The van der Waals surface area contributed by atoms with E-state index in [1.807, 2.05) is 6.07 Å². The summed E-state index contributed by atoms with van der Waals surface area (Å²) in [6.45, 7) is 3.01. The van der Waals surface area contributed by atoms with Crippen LogP contribution < -0.4 is 5.32 Å². The zero-order valence-corrected chi connectivity index (χ0v) is 9.64. The Labute approximate surface area is 91.8 Å². The molecule has 76 valence electrons. The average molecular weight is 258 g/mol. The lowest BCUT2D eigenvalue weighted by Gasteiger charge is -2.12. The lowest BCUT2D eigenvalue weighted by Crippen LogP contribution is -2.16. The third kappa shape index (κ3) is 1.84. The quantitative estimate of drug-likeness (QED) is 0.816. The summed E-state index contributed by atoms with van der Waals surface area (Å²) in [6, 6.07) is 5.66. The van der Waals surface area contributed by atoms with Gasteiger partial charge in [-0.2, -0.15) is 0 Å². The number of hydrogen-bond acceptors (Lipinski definition) is 1. The molecule has 1 fully saturated rings. The van der Waals surface area contributed by atoms with E-state index in [0.717, 1.165) is 23.0 Å². The molecule has 1 aromatic carbocycles. The van der Waals surface area contributed by atoms with Crippen LogP contribution in [-0.2, 0) is 0 Å². The highest BCUT2D eigenvalue weighted by atomic mass is 79.9. The van der Waals surface area contributed by atoms with Crippen LogP contribution in [0.2, 0.25) is 0 Å². The van der Waals surface area contributed by atoms with Crippen LogP contribution in [0.4, 0.5) is 4.39 Å². The van der Waals surface area contributed by atoms with Gasteiger partial charge >= 0.3 is 0 Å². The molecule has 1 aliphatic heterocycles. The molecule has 1 saturated heterocycles. The van der Waals surface area contributed by atoms with Crippen LogP contribution in [0.25, 0.3) is 0 Å². The summed E-state index contributed by atoms with van der Waals surface area (Å²) in [6.07, 6.45) is 1.01. The molecule has 0 spiro atoms. The summed E-state index contributed by atoms with van der Waals surface area (Å²) in [4.78, 5) is 0. The summed E-state index contributed by atoms with van der Waals surface area (Å²) in [5.74, 6) is 0.209. The number of halogens is 2. The first kappa shape index (κ1) is 10.1. The normalized spacial score (nSPS) is 26.8. The highest BCUT2D eigenvalue weighted by molar-refractivity contribution is 9.10. The van der Waals surface area contributed by atoms with E-state index in [-0.39, 0.29) is 5.82 Å². The van der Waals surface area contributed by atoms with Crippen molar-refractivity contribution in [3.8, 4) is 0 Å². The summed E-state index contributed by atoms with van der Waals surface area (Å²) in [5, 5.41) is 3.33. The monoisotopic (exact) mass is 257 g/mol. The first-order valence-electron chi connectivity index (χ1n) is 4.85. The third-order valence-electron chi connectivity index (χ3n) is 2.76. The molecule has 1 nitrogen and oxygen atoms in total. The number of hydrogen-bond donors (Lipinski definition) is 1. The summed E-state index contributed by atoms with van der Waals surface area (Å²) >= 11 is 3.41. The number of nitrogens with one attached hydrogen (secondary N) is 1. The van der Waals surface area contributed by atoms with Gasteiger partial charge in [0.2, 0.25) is 0 Å². The molecule has 0 aliphatic carbocycles. The average Bonchev–Trinajstić information content (AvgIpc) is 2.51. The number of rotatable bonds is 1. The third-order valence-corrected chi connectivity index (χ3v) is 3.45. The van der Waals surface area contributed by atoms with Crippen LogP contribution in [0.15, 0.2) is 22.7 Å². The van der Waals surface area contributed by atoms with Gasteiger partial charge in [0.15, 0.2) is 0 Å². The second-order valence-electron chi connectivity index (χ2n) is 3.88. The van der Waals surface area contributed by atoms with Crippen molar-refractivity contribution in [1.29, 1.82) is 0 Å². The molecule has 0 amide bonds. The first-order valence-corrected chi connectivity index (χ1v) is 5.65. The van der Waals surface area contributed by atoms with Gasteiger partial charge < -0.3 is 5.32 Å². The Morgan fingerprint density at radius 3 is 2.86 bits per heavy atom. The summed E-state index contributed by atoms with van der Waals surface area (Å²) in [5.41, 5.74) is 0.823. The van der Waals surface area contributed by atoms with Gasteiger partial charge in [0, 0.05) is 28.5 Å². The molecule has 1 aliphatic rings. The maximum Gasteiger partial charge on any atom is 0.127 e. The van der Waals surface area contributed by atoms with E-state index in [4.69, 9.17) is 0 Å². The topological polar surface area (TPSA) is 12.0 Å². The minimum atomic E-state index is -0.0970. The fourth-order valence-corrected chi connectivity index (χ4v) is 2.72. The zero-order chi connectivity index (χ0) is 10.1. The van der Waals surface area contributed by atoms with Gasteiger partial charge in [-0.25, -0.2) is 4.39 Å². The van der Waals surface area contributed by atoms with Crippen molar-refractivity contribution in [2.24, 2.45) is 0 Å². The van der Waals surface area contributed by atoms with Crippen LogP contribution in [0.3, 0.4) is 0 Å². The lowest BCUT2D eigenvalue weighted by atomic mass is 9.96. The molecule has 0 aromatic heterocycles. The lowest BCUT2D eigenvalue weighted by molar-refractivity contribution is 0.582. The van der Waals surface area contributed by atoms with Gasteiger partial charge in [0.25, 0.3) is 0 Å². The van der Waals surface area contributed by atoms with Gasteiger partial charge in [-0.05, 0) is 25.5 Å². The molecule has 0 bridgehead atoms. The molecule has 3 heteroatoms. The van der Waals surface area contributed by atoms with Gasteiger partial charge in [-0.15, -0.1) is 0 Å². The van der Waals surface area contributed by atoms with E-state index in [9.17, 15) is 4.39 Å². The Balaban J connectivity index is 2.31. The first-order chi connectivity index (χ1) is 6.68. The van der Waals surface area contributed by atoms with E-state index >= 15 is 0 Å². The Hall–Kier alpha value is -0.410. The predicted molar refractivity (Wildman–Crippen MR) is 58.9 cm³/mol. The molecular formula is C11H13BrFN. The Bertz CT molecular complexity index is 320.